The zero-order valence-electron chi connectivity index (χ0n) is 10.2. The number of nitrogens with zero attached hydrogens (tertiary/aromatic N) is 1. The van der Waals surface area contributed by atoms with Crippen LogP contribution in [0.4, 0.5) is 0 Å². The van der Waals surface area contributed by atoms with E-state index in [4.69, 9.17) is 0 Å². The number of hydrogen-bond donors (Lipinski definition) is 2. The van der Waals surface area contributed by atoms with Gasteiger partial charge in [0.15, 0.2) is 0 Å². The first kappa shape index (κ1) is 12.0. The second-order valence-electron chi connectivity index (χ2n) is 5.38. The van der Waals surface area contributed by atoms with E-state index < -0.39 is 0 Å². The molecule has 1 aliphatic heterocycles. The van der Waals surface area contributed by atoms with Crippen LogP contribution in [0.5, 0.6) is 0 Å². The van der Waals surface area contributed by atoms with E-state index in [-0.39, 0.29) is 0 Å². The SMILES string of the molecule is CNC(C1CNCCN1C)C(C)(C)C. The van der Waals surface area contributed by atoms with Crippen molar-refractivity contribution in [3.63, 3.8) is 0 Å². The van der Waals surface area contributed by atoms with Crippen LogP contribution >= 0.6 is 0 Å². The minimum atomic E-state index is 0.312. The number of rotatable bonds is 2. The van der Waals surface area contributed by atoms with Crippen molar-refractivity contribution in [3.8, 4) is 0 Å². The average Bonchev–Trinajstić information content (AvgIpc) is 2.07. The zero-order chi connectivity index (χ0) is 10.8. The highest BCUT2D eigenvalue weighted by Gasteiger charge is 2.34. The van der Waals surface area contributed by atoms with Crippen LogP contribution in [0.1, 0.15) is 20.8 Å². The molecule has 0 aromatic heterocycles. The van der Waals surface area contributed by atoms with Crippen LogP contribution in [0.15, 0.2) is 0 Å². The maximum absolute atomic E-state index is 3.47. The van der Waals surface area contributed by atoms with Crippen molar-refractivity contribution in [2.24, 2.45) is 5.41 Å². The minimum absolute atomic E-state index is 0.312. The highest BCUT2D eigenvalue weighted by molar-refractivity contribution is 4.93. The van der Waals surface area contributed by atoms with Gasteiger partial charge >= 0.3 is 0 Å². The largest absolute Gasteiger partial charge is 0.315 e. The van der Waals surface area contributed by atoms with Crippen LogP contribution in [-0.2, 0) is 0 Å². The number of likely N-dealkylation sites (N-methyl/N-ethyl adjacent to an activating group) is 2. The maximum Gasteiger partial charge on any atom is 0.0376 e. The van der Waals surface area contributed by atoms with E-state index in [9.17, 15) is 0 Å². The van der Waals surface area contributed by atoms with Gasteiger partial charge in [0, 0.05) is 31.7 Å². The Morgan fingerprint density at radius 2 is 2.07 bits per heavy atom. The topological polar surface area (TPSA) is 27.3 Å². The van der Waals surface area contributed by atoms with Gasteiger partial charge in [0.2, 0.25) is 0 Å². The lowest BCUT2D eigenvalue weighted by Crippen LogP contribution is -2.61. The molecule has 3 nitrogen and oxygen atoms in total. The molecule has 1 saturated heterocycles. The molecular weight excluding hydrogens is 174 g/mol. The molecule has 2 unspecified atom stereocenters. The molecule has 1 aliphatic rings. The van der Waals surface area contributed by atoms with E-state index >= 15 is 0 Å². The fourth-order valence-electron chi connectivity index (χ4n) is 2.40. The van der Waals surface area contributed by atoms with Gasteiger partial charge in [-0.3, -0.25) is 4.90 Å². The molecule has 0 aromatic rings. The summed E-state index contributed by atoms with van der Waals surface area (Å²) >= 11 is 0. The molecule has 2 N–H and O–H groups in total. The van der Waals surface area contributed by atoms with E-state index in [0.29, 0.717) is 17.5 Å². The third kappa shape index (κ3) is 2.69. The van der Waals surface area contributed by atoms with Crippen LogP contribution < -0.4 is 10.6 Å². The molecule has 1 rings (SSSR count). The normalized spacial score (nSPS) is 27.6. The van der Waals surface area contributed by atoms with Crippen molar-refractivity contribution in [1.29, 1.82) is 0 Å². The lowest BCUT2D eigenvalue weighted by Gasteiger charge is -2.44. The summed E-state index contributed by atoms with van der Waals surface area (Å²) in [5, 5.41) is 6.93. The molecule has 3 heteroatoms. The fourth-order valence-corrected chi connectivity index (χ4v) is 2.40. The summed E-state index contributed by atoms with van der Waals surface area (Å²) in [5.74, 6) is 0. The number of piperazine rings is 1. The van der Waals surface area contributed by atoms with E-state index in [2.05, 4.69) is 50.4 Å². The standard InChI is InChI=1S/C11H25N3/c1-11(2,3)10(12-4)9-8-13-6-7-14(9)5/h9-10,12-13H,6-8H2,1-5H3. The van der Waals surface area contributed by atoms with Gasteiger partial charge in [0.05, 0.1) is 0 Å². The second-order valence-corrected chi connectivity index (χ2v) is 5.38. The van der Waals surface area contributed by atoms with E-state index in [1.165, 1.54) is 0 Å². The van der Waals surface area contributed by atoms with Crippen molar-refractivity contribution in [2.75, 3.05) is 33.7 Å². The van der Waals surface area contributed by atoms with Crippen LogP contribution in [0.3, 0.4) is 0 Å². The Bertz CT molecular complexity index is 174. The van der Waals surface area contributed by atoms with E-state index in [1.807, 2.05) is 0 Å². The molecule has 0 radical (unpaired) electrons. The summed E-state index contributed by atoms with van der Waals surface area (Å²) in [6, 6.07) is 1.15. The molecular formula is C11H25N3. The highest BCUT2D eigenvalue weighted by atomic mass is 15.2. The van der Waals surface area contributed by atoms with Crippen molar-refractivity contribution >= 4 is 0 Å². The molecule has 14 heavy (non-hydrogen) atoms. The van der Waals surface area contributed by atoms with Crippen molar-refractivity contribution in [2.45, 2.75) is 32.9 Å². The van der Waals surface area contributed by atoms with Crippen LogP contribution in [0.2, 0.25) is 0 Å². The van der Waals surface area contributed by atoms with Gasteiger partial charge < -0.3 is 10.6 Å². The Morgan fingerprint density at radius 3 is 2.50 bits per heavy atom. The Balaban J connectivity index is 2.67. The van der Waals surface area contributed by atoms with Crippen LogP contribution in [0, 0.1) is 5.41 Å². The van der Waals surface area contributed by atoms with E-state index in [0.717, 1.165) is 19.6 Å². The first-order chi connectivity index (χ1) is 6.46. The molecule has 0 spiro atoms. The van der Waals surface area contributed by atoms with Crippen LogP contribution in [0.25, 0.3) is 0 Å². The summed E-state index contributed by atoms with van der Waals surface area (Å²) in [4.78, 5) is 2.46. The Labute approximate surface area is 88.2 Å². The molecule has 0 bridgehead atoms. The molecule has 84 valence electrons. The summed E-state index contributed by atoms with van der Waals surface area (Å²) in [6.07, 6.45) is 0. The van der Waals surface area contributed by atoms with Gasteiger partial charge in [-0.1, -0.05) is 20.8 Å². The molecule has 0 aromatic carbocycles. The molecule has 0 amide bonds. The zero-order valence-corrected chi connectivity index (χ0v) is 10.2. The average molecular weight is 199 g/mol. The number of nitrogens with one attached hydrogen (secondary N) is 2. The minimum Gasteiger partial charge on any atom is -0.315 e. The van der Waals surface area contributed by atoms with E-state index in [1.54, 1.807) is 0 Å². The van der Waals surface area contributed by atoms with Crippen molar-refractivity contribution in [3.05, 3.63) is 0 Å². The second kappa shape index (κ2) is 4.60. The fraction of sp³-hybridized carbons (Fsp3) is 1.00. The first-order valence-electron chi connectivity index (χ1n) is 5.55. The van der Waals surface area contributed by atoms with Gasteiger partial charge in [0.1, 0.15) is 0 Å². The van der Waals surface area contributed by atoms with Gasteiger partial charge in [0.25, 0.3) is 0 Å². The van der Waals surface area contributed by atoms with Gasteiger partial charge in [-0.05, 0) is 19.5 Å². The summed E-state index contributed by atoms with van der Waals surface area (Å²) in [6.45, 7) is 10.3. The first-order valence-corrected chi connectivity index (χ1v) is 5.55. The predicted octanol–water partition coefficient (Wildman–Crippen LogP) is 0.524. The molecule has 1 fully saturated rings. The smallest absolute Gasteiger partial charge is 0.0376 e. The van der Waals surface area contributed by atoms with Gasteiger partial charge in [-0.2, -0.15) is 0 Å². The van der Waals surface area contributed by atoms with Crippen molar-refractivity contribution < 1.29 is 0 Å². The summed E-state index contributed by atoms with van der Waals surface area (Å²) < 4.78 is 0. The monoisotopic (exact) mass is 199 g/mol. The van der Waals surface area contributed by atoms with Gasteiger partial charge in [-0.25, -0.2) is 0 Å². The van der Waals surface area contributed by atoms with Crippen molar-refractivity contribution in [1.82, 2.24) is 15.5 Å². The third-order valence-corrected chi connectivity index (χ3v) is 3.19. The Morgan fingerprint density at radius 1 is 1.43 bits per heavy atom. The molecule has 0 saturated carbocycles. The van der Waals surface area contributed by atoms with Gasteiger partial charge in [-0.15, -0.1) is 0 Å². The van der Waals surface area contributed by atoms with Crippen LogP contribution in [-0.4, -0.2) is 50.7 Å². The molecule has 0 aliphatic carbocycles. The highest BCUT2D eigenvalue weighted by Crippen LogP contribution is 2.24. The Hall–Kier alpha value is -0.120. The lowest BCUT2D eigenvalue weighted by molar-refractivity contribution is 0.106. The lowest BCUT2D eigenvalue weighted by atomic mass is 9.81. The maximum atomic E-state index is 3.47. The summed E-state index contributed by atoms with van der Waals surface area (Å²) in [7, 11) is 4.29. The summed E-state index contributed by atoms with van der Waals surface area (Å²) in [5.41, 5.74) is 0.312. The molecule has 1 heterocycles. The molecule has 2 atom stereocenters. The third-order valence-electron chi connectivity index (χ3n) is 3.19. The Kier molecular flexibility index (Phi) is 3.93. The quantitative estimate of drug-likeness (QED) is 0.679. The predicted molar refractivity (Wildman–Crippen MR) is 61.6 cm³/mol. The number of hydrogen-bond acceptors (Lipinski definition) is 3.